The van der Waals surface area contributed by atoms with Gasteiger partial charge in [0, 0.05) is 13.7 Å². The quantitative estimate of drug-likeness (QED) is 0.570. The molecular formula is C10H13ClO4S2. The van der Waals surface area contributed by atoms with Crippen LogP contribution >= 0.6 is 22.9 Å². The molecular weight excluding hydrogens is 284 g/mol. The summed E-state index contributed by atoms with van der Waals surface area (Å²) in [5.74, 6) is -0.904. The van der Waals surface area contributed by atoms with Crippen LogP contribution in [0.25, 0.3) is 0 Å². The van der Waals surface area contributed by atoms with Gasteiger partial charge >= 0.3 is 0 Å². The highest BCUT2D eigenvalue weighted by Crippen LogP contribution is 2.22. The number of thiophene rings is 1. The average Bonchev–Trinajstić information content (AvgIpc) is 2.64. The highest BCUT2D eigenvalue weighted by atomic mass is 35.5. The zero-order chi connectivity index (χ0) is 12.9. The van der Waals surface area contributed by atoms with Crippen molar-refractivity contribution in [3.63, 3.8) is 0 Å². The van der Waals surface area contributed by atoms with Crippen LogP contribution in [0.2, 0.25) is 4.34 Å². The summed E-state index contributed by atoms with van der Waals surface area (Å²) < 4.78 is 28.4. The largest absolute Gasteiger partial charge is 0.385 e. The molecule has 1 aromatic rings. The van der Waals surface area contributed by atoms with Gasteiger partial charge in [-0.3, -0.25) is 4.79 Å². The summed E-state index contributed by atoms with van der Waals surface area (Å²) in [7, 11) is -1.85. The van der Waals surface area contributed by atoms with E-state index in [0.717, 1.165) is 11.3 Å². The van der Waals surface area contributed by atoms with Gasteiger partial charge in [0.05, 0.1) is 15.0 Å². The Morgan fingerprint density at radius 3 is 2.71 bits per heavy atom. The Bertz CT molecular complexity index is 478. The van der Waals surface area contributed by atoms with Crippen molar-refractivity contribution in [2.75, 3.05) is 25.2 Å². The molecule has 0 fully saturated rings. The number of ketones is 1. The van der Waals surface area contributed by atoms with Gasteiger partial charge in [-0.15, -0.1) is 11.3 Å². The number of Topliss-reactive ketones (excluding diaryl/α,β-unsaturated/α-hetero) is 1. The Morgan fingerprint density at radius 2 is 2.18 bits per heavy atom. The number of carbonyl (C=O) groups excluding carboxylic acids is 1. The molecule has 0 unspecified atom stereocenters. The summed E-state index contributed by atoms with van der Waals surface area (Å²) in [6.45, 7) is 0.373. The lowest BCUT2D eigenvalue weighted by Gasteiger charge is -2.02. The van der Waals surface area contributed by atoms with Gasteiger partial charge in [-0.2, -0.15) is 0 Å². The lowest BCUT2D eigenvalue weighted by Crippen LogP contribution is -2.19. The first-order valence-corrected chi connectivity index (χ1v) is 7.94. The number of carbonyl (C=O) groups is 1. The molecule has 4 nitrogen and oxygen atoms in total. The summed E-state index contributed by atoms with van der Waals surface area (Å²) in [4.78, 5) is 12.0. The van der Waals surface area contributed by atoms with Gasteiger partial charge in [-0.1, -0.05) is 11.6 Å². The first-order valence-electron chi connectivity index (χ1n) is 4.92. The van der Waals surface area contributed by atoms with E-state index < -0.39 is 21.4 Å². The molecule has 0 saturated carbocycles. The molecule has 0 radical (unpaired) electrons. The van der Waals surface area contributed by atoms with Crippen molar-refractivity contribution >= 4 is 38.6 Å². The molecule has 96 valence electrons. The molecule has 7 heteroatoms. The fraction of sp³-hybridized carbons (Fsp3) is 0.500. The zero-order valence-corrected chi connectivity index (χ0v) is 11.7. The van der Waals surface area contributed by atoms with E-state index in [4.69, 9.17) is 16.3 Å². The summed E-state index contributed by atoms with van der Waals surface area (Å²) in [5.41, 5.74) is 0. The van der Waals surface area contributed by atoms with Crippen LogP contribution in [0.15, 0.2) is 12.1 Å². The van der Waals surface area contributed by atoms with Crippen LogP contribution in [0, 0.1) is 0 Å². The van der Waals surface area contributed by atoms with Crippen LogP contribution in [0.1, 0.15) is 16.1 Å². The number of ether oxygens (including phenoxy) is 1. The van der Waals surface area contributed by atoms with Crippen LogP contribution in [0.4, 0.5) is 0 Å². The molecule has 0 N–H and O–H groups in total. The number of sulfone groups is 1. The van der Waals surface area contributed by atoms with Gasteiger partial charge in [-0.05, 0) is 18.6 Å². The van der Waals surface area contributed by atoms with Gasteiger partial charge in [0.15, 0.2) is 15.6 Å². The molecule has 0 saturated heterocycles. The Hall–Kier alpha value is -0.430. The predicted octanol–water partition coefficient (Wildman–Crippen LogP) is 2.04. The van der Waals surface area contributed by atoms with Gasteiger partial charge < -0.3 is 4.74 Å². The third-order valence-electron chi connectivity index (χ3n) is 2.00. The summed E-state index contributed by atoms with van der Waals surface area (Å²) in [6.07, 6.45) is 0.400. The lowest BCUT2D eigenvalue weighted by atomic mass is 10.4. The Labute approximate surface area is 109 Å². The molecule has 0 aliphatic heterocycles. The standard InChI is InChI=1S/C10H13ClO4S2/c1-15-5-2-6-17(13,14)7-8(12)9-3-4-10(11)16-9/h3-4H,2,5-7H2,1H3. The number of methoxy groups -OCH3 is 1. The number of halogens is 1. The Kier molecular flexibility index (Phi) is 5.58. The van der Waals surface area contributed by atoms with Crippen LogP contribution < -0.4 is 0 Å². The van der Waals surface area contributed by atoms with Crippen LogP contribution in [0.3, 0.4) is 0 Å². The minimum atomic E-state index is -3.36. The maximum atomic E-state index is 11.6. The molecule has 0 atom stereocenters. The van der Waals surface area contributed by atoms with Crippen molar-refractivity contribution in [2.24, 2.45) is 0 Å². The molecule has 1 heterocycles. The fourth-order valence-electron chi connectivity index (χ4n) is 1.23. The first-order chi connectivity index (χ1) is 7.94. The molecule has 0 bridgehead atoms. The summed E-state index contributed by atoms with van der Waals surface area (Å²) in [6, 6.07) is 3.12. The van der Waals surface area contributed by atoms with E-state index >= 15 is 0 Å². The lowest BCUT2D eigenvalue weighted by molar-refractivity contribution is 0.102. The van der Waals surface area contributed by atoms with Crippen molar-refractivity contribution in [3.05, 3.63) is 21.3 Å². The number of hydrogen-bond acceptors (Lipinski definition) is 5. The zero-order valence-electron chi connectivity index (χ0n) is 9.31. The minimum Gasteiger partial charge on any atom is -0.385 e. The second kappa shape index (κ2) is 6.49. The number of hydrogen-bond donors (Lipinski definition) is 0. The molecule has 1 rings (SSSR count). The van der Waals surface area contributed by atoms with Gasteiger partial charge in [-0.25, -0.2) is 8.42 Å². The molecule has 1 aromatic heterocycles. The fourth-order valence-corrected chi connectivity index (χ4v) is 3.56. The van der Waals surface area contributed by atoms with E-state index in [1.54, 1.807) is 12.1 Å². The third-order valence-corrected chi connectivity index (χ3v) is 4.89. The number of rotatable bonds is 7. The van der Waals surface area contributed by atoms with Crippen molar-refractivity contribution in [1.29, 1.82) is 0 Å². The smallest absolute Gasteiger partial charge is 0.187 e. The molecule has 0 amide bonds. The van der Waals surface area contributed by atoms with Crippen molar-refractivity contribution in [3.8, 4) is 0 Å². The van der Waals surface area contributed by atoms with Crippen molar-refractivity contribution in [2.45, 2.75) is 6.42 Å². The monoisotopic (exact) mass is 296 g/mol. The third kappa shape index (κ3) is 5.16. The van der Waals surface area contributed by atoms with Gasteiger partial charge in [0.2, 0.25) is 0 Å². The van der Waals surface area contributed by atoms with E-state index in [2.05, 4.69) is 0 Å². The maximum Gasteiger partial charge on any atom is 0.187 e. The summed E-state index contributed by atoms with van der Waals surface area (Å²) >= 11 is 6.77. The Balaban J connectivity index is 2.56. The van der Waals surface area contributed by atoms with Crippen molar-refractivity contribution in [1.82, 2.24) is 0 Å². The average molecular weight is 297 g/mol. The highest BCUT2D eigenvalue weighted by molar-refractivity contribution is 7.92. The topological polar surface area (TPSA) is 60.4 Å². The van der Waals surface area contributed by atoms with Crippen molar-refractivity contribution < 1.29 is 17.9 Å². The second-order valence-electron chi connectivity index (χ2n) is 3.47. The molecule has 0 aliphatic rings. The molecule has 0 aliphatic carbocycles. The van der Waals surface area contributed by atoms with E-state index in [9.17, 15) is 13.2 Å². The normalized spacial score (nSPS) is 11.6. The van der Waals surface area contributed by atoms with E-state index in [1.807, 2.05) is 0 Å². The molecule has 0 aromatic carbocycles. The maximum absolute atomic E-state index is 11.6. The SMILES string of the molecule is COCCCS(=O)(=O)CC(=O)c1ccc(Cl)s1. The predicted molar refractivity (Wildman–Crippen MR) is 68.8 cm³/mol. The highest BCUT2D eigenvalue weighted by Gasteiger charge is 2.18. The second-order valence-corrected chi connectivity index (χ2v) is 7.36. The molecule has 17 heavy (non-hydrogen) atoms. The van der Waals surface area contributed by atoms with E-state index in [1.165, 1.54) is 7.11 Å². The van der Waals surface area contributed by atoms with Crippen LogP contribution in [0.5, 0.6) is 0 Å². The Morgan fingerprint density at radius 1 is 1.47 bits per heavy atom. The van der Waals surface area contributed by atoms with E-state index in [0.29, 0.717) is 22.2 Å². The first kappa shape index (κ1) is 14.6. The van der Waals surface area contributed by atoms with E-state index in [-0.39, 0.29) is 5.75 Å². The summed E-state index contributed by atoms with van der Waals surface area (Å²) in [5, 5.41) is 0. The van der Waals surface area contributed by atoms with Crippen LogP contribution in [-0.2, 0) is 14.6 Å². The van der Waals surface area contributed by atoms with Gasteiger partial charge in [0.25, 0.3) is 0 Å². The molecule has 0 spiro atoms. The van der Waals surface area contributed by atoms with Gasteiger partial charge in [0.1, 0.15) is 5.75 Å². The van der Waals surface area contributed by atoms with Crippen LogP contribution in [-0.4, -0.2) is 39.4 Å². The minimum absolute atomic E-state index is 0.0360.